The normalized spacial score (nSPS) is 22.9. The standard InChI is InChI=1S/C12H19N3O3/c1-4-9(8(2)16)12-13-11(14-18-12)10-7-15(3)5-6-17-10/h9-10H,4-7H2,1-3H3. The zero-order chi connectivity index (χ0) is 13.1. The van der Waals surface area contributed by atoms with E-state index in [0.717, 1.165) is 13.1 Å². The molecule has 2 rings (SSSR count). The van der Waals surface area contributed by atoms with Crippen LogP contribution in [0.3, 0.4) is 0 Å². The van der Waals surface area contributed by atoms with Crippen LogP contribution in [-0.4, -0.2) is 47.6 Å². The number of nitrogens with zero attached hydrogens (tertiary/aromatic N) is 3. The van der Waals surface area contributed by atoms with Crippen LogP contribution in [0.4, 0.5) is 0 Å². The van der Waals surface area contributed by atoms with Gasteiger partial charge in [-0.15, -0.1) is 0 Å². The van der Waals surface area contributed by atoms with Crippen LogP contribution in [0.5, 0.6) is 0 Å². The van der Waals surface area contributed by atoms with Crippen molar-refractivity contribution in [1.82, 2.24) is 15.0 Å². The highest BCUT2D eigenvalue weighted by Gasteiger charge is 2.27. The maximum Gasteiger partial charge on any atom is 0.237 e. The van der Waals surface area contributed by atoms with Gasteiger partial charge in [-0.05, 0) is 20.4 Å². The van der Waals surface area contributed by atoms with E-state index in [1.165, 1.54) is 0 Å². The molecular formula is C12H19N3O3. The number of likely N-dealkylation sites (N-methyl/N-ethyl adjacent to an activating group) is 1. The number of ether oxygens (including phenoxy) is 1. The van der Waals surface area contributed by atoms with Crippen LogP contribution in [0.2, 0.25) is 0 Å². The summed E-state index contributed by atoms with van der Waals surface area (Å²) < 4.78 is 10.8. The predicted octanol–water partition coefficient (Wildman–Crippen LogP) is 1.16. The third-order valence-electron chi connectivity index (χ3n) is 3.21. The van der Waals surface area contributed by atoms with Gasteiger partial charge in [0.2, 0.25) is 11.7 Å². The Labute approximate surface area is 106 Å². The molecule has 2 unspecified atom stereocenters. The monoisotopic (exact) mass is 253 g/mol. The van der Waals surface area contributed by atoms with E-state index in [1.807, 2.05) is 14.0 Å². The summed E-state index contributed by atoms with van der Waals surface area (Å²) in [5, 5.41) is 3.94. The van der Waals surface area contributed by atoms with Crippen LogP contribution < -0.4 is 0 Å². The topological polar surface area (TPSA) is 68.5 Å². The average Bonchev–Trinajstić information content (AvgIpc) is 2.79. The fraction of sp³-hybridized carbons (Fsp3) is 0.750. The Hall–Kier alpha value is -1.27. The van der Waals surface area contributed by atoms with E-state index in [2.05, 4.69) is 15.0 Å². The molecule has 2 heterocycles. The molecule has 6 heteroatoms. The van der Waals surface area contributed by atoms with Crippen LogP contribution in [0.25, 0.3) is 0 Å². The first-order valence-corrected chi connectivity index (χ1v) is 6.26. The Bertz CT molecular complexity index is 418. The van der Waals surface area contributed by atoms with Gasteiger partial charge in [-0.2, -0.15) is 4.98 Å². The molecule has 1 aliphatic rings. The lowest BCUT2D eigenvalue weighted by Crippen LogP contribution is -2.35. The molecule has 0 bridgehead atoms. The summed E-state index contributed by atoms with van der Waals surface area (Å²) in [7, 11) is 2.03. The first kappa shape index (κ1) is 13.2. The van der Waals surface area contributed by atoms with Crippen LogP contribution in [-0.2, 0) is 9.53 Å². The summed E-state index contributed by atoms with van der Waals surface area (Å²) in [5.41, 5.74) is 0. The molecule has 1 aromatic heterocycles. The number of carbonyl (C=O) groups is 1. The van der Waals surface area contributed by atoms with Gasteiger partial charge in [0, 0.05) is 13.1 Å². The van der Waals surface area contributed by atoms with Crippen molar-refractivity contribution in [3.8, 4) is 0 Å². The van der Waals surface area contributed by atoms with E-state index < -0.39 is 0 Å². The SMILES string of the molecule is CCC(C(C)=O)c1nc(C2CN(C)CCO2)no1. The van der Waals surface area contributed by atoms with Gasteiger partial charge < -0.3 is 14.2 Å². The molecule has 18 heavy (non-hydrogen) atoms. The van der Waals surface area contributed by atoms with Crippen molar-refractivity contribution in [3.63, 3.8) is 0 Å². The summed E-state index contributed by atoms with van der Waals surface area (Å²) in [4.78, 5) is 17.9. The van der Waals surface area contributed by atoms with E-state index in [-0.39, 0.29) is 17.8 Å². The number of Topliss-reactive ketones (excluding diaryl/α,β-unsaturated/α-hetero) is 1. The zero-order valence-electron chi connectivity index (χ0n) is 11.0. The third-order valence-corrected chi connectivity index (χ3v) is 3.21. The van der Waals surface area contributed by atoms with Gasteiger partial charge in [0.1, 0.15) is 11.9 Å². The highest BCUT2D eigenvalue weighted by Crippen LogP contribution is 2.23. The molecule has 0 aliphatic carbocycles. The minimum atomic E-state index is -0.299. The lowest BCUT2D eigenvalue weighted by atomic mass is 10.0. The van der Waals surface area contributed by atoms with Crippen molar-refractivity contribution in [1.29, 1.82) is 0 Å². The third kappa shape index (κ3) is 2.76. The van der Waals surface area contributed by atoms with Crippen LogP contribution >= 0.6 is 0 Å². The quantitative estimate of drug-likeness (QED) is 0.802. The molecule has 1 aliphatic heterocycles. The molecule has 1 saturated heterocycles. The Kier molecular flexibility index (Phi) is 4.08. The van der Waals surface area contributed by atoms with E-state index >= 15 is 0 Å². The van der Waals surface area contributed by atoms with E-state index in [1.54, 1.807) is 6.92 Å². The molecule has 0 saturated carbocycles. The average molecular weight is 253 g/mol. The molecule has 1 fully saturated rings. The van der Waals surface area contributed by atoms with E-state index in [0.29, 0.717) is 24.7 Å². The molecule has 100 valence electrons. The van der Waals surface area contributed by atoms with Crippen LogP contribution in [0, 0.1) is 0 Å². The Morgan fingerprint density at radius 1 is 1.61 bits per heavy atom. The number of morpholine rings is 1. The van der Waals surface area contributed by atoms with Gasteiger partial charge in [0.15, 0.2) is 0 Å². The zero-order valence-corrected chi connectivity index (χ0v) is 11.0. The fourth-order valence-electron chi connectivity index (χ4n) is 2.09. The van der Waals surface area contributed by atoms with Crippen molar-refractivity contribution in [3.05, 3.63) is 11.7 Å². The van der Waals surface area contributed by atoms with Crippen molar-refractivity contribution < 1.29 is 14.1 Å². The van der Waals surface area contributed by atoms with Gasteiger partial charge in [0.05, 0.1) is 12.5 Å². The number of aromatic nitrogens is 2. The second kappa shape index (κ2) is 5.58. The van der Waals surface area contributed by atoms with E-state index in [4.69, 9.17) is 9.26 Å². The number of hydrogen-bond donors (Lipinski definition) is 0. The number of hydrogen-bond acceptors (Lipinski definition) is 6. The van der Waals surface area contributed by atoms with Crippen molar-refractivity contribution in [2.75, 3.05) is 26.7 Å². The van der Waals surface area contributed by atoms with Crippen LogP contribution in [0.1, 0.15) is 44.0 Å². The number of rotatable bonds is 4. The Balaban J connectivity index is 2.12. The first-order valence-electron chi connectivity index (χ1n) is 6.26. The smallest absolute Gasteiger partial charge is 0.237 e. The van der Waals surface area contributed by atoms with Gasteiger partial charge in [-0.1, -0.05) is 12.1 Å². The Morgan fingerprint density at radius 3 is 3.00 bits per heavy atom. The summed E-state index contributed by atoms with van der Waals surface area (Å²) >= 11 is 0. The molecular weight excluding hydrogens is 234 g/mol. The van der Waals surface area contributed by atoms with Crippen molar-refractivity contribution >= 4 is 5.78 Å². The maximum atomic E-state index is 11.4. The summed E-state index contributed by atoms with van der Waals surface area (Å²) in [6, 6.07) is 0. The van der Waals surface area contributed by atoms with Gasteiger partial charge in [-0.3, -0.25) is 4.79 Å². The minimum Gasteiger partial charge on any atom is -0.367 e. The molecule has 0 aromatic carbocycles. The van der Waals surface area contributed by atoms with E-state index in [9.17, 15) is 4.79 Å². The van der Waals surface area contributed by atoms with Crippen LogP contribution in [0.15, 0.2) is 4.52 Å². The van der Waals surface area contributed by atoms with Gasteiger partial charge >= 0.3 is 0 Å². The second-order valence-electron chi connectivity index (χ2n) is 4.68. The molecule has 2 atom stereocenters. The molecule has 0 spiro atoms. The van der Waals surface area contributed by atoms with Crippen molar-refractivity contribution in [2.24, 2.45) is 0 Å². The largest absolute Gasteiger partial charge is 0.367 e. The maximum absolute atomic E-state index is 11.4. The summed E-state index contributed by atoms with van der Waals surface area (Å²) in [5.74, 6) is 0.690. The predicted molar refractivity (Wildman–Crippen MR) is 64.2 cm³/mol. The lowest BCUT2D eigenvalue weighted by Gasteiger charge is -2.27. The molecule has 0 radical (unpaired) electrons. The van der Waals surface area contributed by atoms with Gasteiger partial charge in [-0.25, -0.2) is 0 Å². The number of ketones is 1. The summed E-state index contributed by atoms with van der Waals surface area (Å²) in [6.45, 7) is 5.79. The molecule has 1 aromatic rings. The fourth-order valence-corrected chi connectivity index (χ4v) is 2.09. The minimum absolute atomic E-state index is 0.0504. The van der Waals surface area contributed by atoms with Crippen molar-refractivity contribution in [2.45, 2.75) is 32.3 Å². The lowest BCUT2D eigenvalue weighted by molar-refractivity contribution is -0.119. The molecule has 0 amide bonds. The molecule has 6 nitrogen and oxygen atoms in total. The highest BCUT2D eigenvalue weighted by atomic mass is 16.5. The summed E-state index contributed by atoms with van der Waals surface area (Å²) in [6.07, 6.45) is 0.508. The number of carbonyl (C=O) groups excluding carboxylic acids is 1. The second-order valence-corrected chi connectivity index (χ2v) is 4.68. The highest BCUT2D eigenvalue weighted by molar-refractivity contribution is 5.82. The molecule has 0 N–H and O–H groups in total. The Morgan fingerprint density at radius 2 is 2.39 bits per heavy atom. The first-order chi connectivity index (χ1) is 8.61. The van der Waals surface area contributed by atoms with Gasteiger partial charge in [0.25, 0.3) is 0 Å².